The highest BCUT2D eigenvalue weighted by molar-refractivity contribution is 7.92. The van der Waals surface area contributed by atoms with Gasteiger partial charge in [0, 0.05) is 0 Å². The van der Waals surface area contributed by atoms with Gasteiger partial charge in [-0.2, -0.15) is 0 Å². The number of ether oxygens (including phenoxy) is 1. The second kappa shape index (κ2) is 9.10. The van der Waals surface area contributed by atoms with Crippen LogP contribution in [0.2, 0.25) is 5.02 Å². The predicted molar refractivity (Wildman–Crippen MR) is 108 cm³/mol. The van der Waals surface area contributed by atoms with Crippen LogP contribution in [-0.2, 0) is 14.8 Å². The number of carbonyl (C=O) groups is 1. The summed E-state index contributed by atoms with van der Waals surface area (Å²) in [6.07, 6.45) is 1.08. The Kier molecular flexibility index (Phi) is 7.10. The monoisotopic (exact) mass is 410 g/mol. The number of nitrogens with one attached hydrogen (secondary N) is 1. The van der Waals surface area contributed by atoms with E-state index < -0.39 is 22.0 Å². The summed E-state index contributed by atoms with van der Waals surface area (Å²) in [5.41, 5.74) is 1.44. The van der Waals surface area contributed by atoms with Gasteiger partial charge < -0.3 is 10.1 Å². The maximum absolute atomic E-state index is 12.5. The molecular formula is C19H23ClN2O4S. The zero-order valence-electron chi connectivity index (χ0n) is 15.5. The molecule has 0 saturated carbocycles. The maximum Gasteiger partial charge on any atom is 0.243 e. The number of hydrogen-bond donors (Lipinski definition) is 1. The van der Waals surface area contributed by atoms with Crippen LogP contribution in [-0.4, -0.2) is 39.8 Å². The molecule has 1 amide bonds. The van der Waals surface area contributed by atoms with Crippen LogP contribution in [0.5, 0.6) is 5.75 Å². The molecule has 2 rings (SSSR count). The van der Waals surface area contributed by atoms with E-state index in [0.717, 1.165) is 16.1 Å². The Morgan fingerprint density at radius 2 is 1.81 bits per heavy atom. The van der Waals surface area contributed by atoms with Gasteiger partial charge in [0.1, 0.15) is 18.4 Å². The number of halogens is 1. The van der Waals surface area contributed by atoms with Crippen molar-refractivity contribution in [2.75, 3.05) is 23.7 Å². The van der Waals surface area contributed by atoms with E-state index in [1.54, 1.807) is 55.5 Å². The van der Waals surface area contributed by atoms with E-state index >= 15 is 0 Å². The third kappa shape index (κ3) is 5.87. The van der Waals surface area contributed by atoms with Gasteiger partial charge in [0.15, 0.2) is 0 Å². The number of hydrogen-bond acceptors (Lipinski definition) is 4. The Balaban J connectivity index is 1.98. The lowest BCUT2D eigenvalue weighted by molar-refractivity contribution is -0.121. The van der Waals surface area contributed by atoms with E-state index in [0.29, 0.717) is 16.5 Å². The quantitative estimate of drug-likeness (QED) is 0.679. The summed E-state index contributed by atoms with van der Waals surface area (Å²) < 4.78 is 31.1. The standard InChI is InChI=1S/C19H23ClN2O4S/c1-14-8-10-16(11-9-14)22(27(3,24)25)15(2)19(23)21-12-13-26-18-7-5-4-6-17(18)20/h4-11,15H,12-13H2,1-3H3,(H,21,23)/t15-/m0/s1. The lowest BCUT2D eigenvalue weighted by Gasteiger charge is -2.28. The first-order valence-electron chi connectivity index (χ1n) is 8.41. The molecule has 0 aliphatic rings. The van der Waals surface area contributed by atoms with E-state index in [1.165, 1.54) is 0 Å². The molecule has 2 aromatic carbocycles. The lowest BCUT2D eigenvalue weighted by atomic mass is 10.2. The Morgan fingerprint density at radius 1 is 1.19 bits per heavy atom. The fourth-order valence-electron chi connectivity index (χ4n) is 2.55. The fraction of sp³-hybridized carbons (Fsp3) is 0.316. The molecule has 0 saturated heterocycles. The van der Waals surface area contributed by atoms with E-state index in [1.807, 2.05) is 6.92 Å². The van der Waals surface area contributed by atoms with Crippen molar-refractivity contribution in [1.82, 2.24) is 5.32 Å². The molecule has 146 valence electrons. The van der Waals surface area contributed by atoms with Crippen molar-refractivity contribution in [3.63, 3.8) is 0 Å². The molecule has 0 heterocycles. The molecule has 2 aromatic rings. The number of sulfonamides is 1. The van der Waals surface area contributed by atoms with Crippen LogP contribution in [0.1, 0.15) is 12.5 Å². The molecule has 8 heteroatoms. The zero-order chi connectivity index (χ0) is 20.0. The number of amides is 1. The van der Waals surface area contributed by atoms with Gasteiger partial charge in [-0.3, -0.25) is 9.10 Å². The average molecular weight is 411 g/mol. The lowest BCUT2D eigenvalue weighted by Crippen LogP contribution is -2.48. The molecular weight excluding hydrogens is 388 g/mol. The minimum atomic E-state index is -3.63. The van der Waals surface area contributed by atoms with Gasteiger partial charge in [0.25, 0.3) is 0 Å². The summed E-state index contributed by atoms with van der Waals surface area (Å²) in [6, 6.07) is 13.1. The van der Waals surface area contributed by atoms with Crippen molar-refractivity contribution in [2.45, 2.75) is 19.9 Å². The third-order valence-corrected chi connectivity index (χ3v) is 5.43. The zero-order valence-corrected chi connectivity index (χ0v) is 17.0. The molecule has 0 spiro atoms. The number of para-hydroxylation sites is 1. The highest BCUT2D eigenvalue weighted by Gasteiger charge is 2.28. The van der Waals surface area contributed by atoms with Crippen molar-refractivity contribution < 1.29 is 17.9 Å². The Hall–Kier alpha value is -2.25. The van der Waals surface area contributed by atoms with Crippen LogP contribution >= 0.6 is 11.6 Å². The number of benzene rings is 2. The van der Waals surface area contributed by atoms with E-state index in [-0.39, 0.29) is 13.2 Å². The summed E-state index contributed by atoms with van der Waals surface area (Å²) in [5.74, 6) is 0.114. The molecule has 0 unspecified atom stereocenters. The molecule has 0 aliphatic carbocycles. The third-order valence-electron chi connectivity index (χ3n) is 3.87. The topological polar surface area (TPSA) is 75.7 Å². The van der Waals surface area contributed by atoms with Gasteiger partial charge in [0.05, 0.1) is 23.5 Å². The smallest absolute Gasteiger partial charge is 0.243 e. The van der Waals surface area contributed by atoms with Gasteiger partial charge in [-0.15, -0.1) is 0 Å². The molecule has 0 bridgehead atoms. The molecule has 1 N–H and O–H groups in total. The molecule has 0 aliphatic heterocycles. The number of nitrogens with zero attached hydrogens (tertiary/aromatic N) is 1. The normalized spacial score (nSPS) is 12.3. The van der Waals surface area contributed by atoms with E-state index in [4.69, 9.17) is 16.3 Å². The Morgan fingerprint density at radius 3 is 2.41 bits per heavy atom. The van der Waals surface area contributed by atoms with Crippen LogP contribution in [0.15, 0.2) is 48.5 Å². The molecule has 1 atom stereocenters. The fourth-order valence-corrected chi connectivity index (χ4v) is 3.91. The van der Waals surface area contributed by atoms with Gasteiger partial charge in [-0.25, -0.2) is 8.42 Å². The first-order chi connectivity index (χ1) is 12.7. The second-order valence-corrected chi connectivity index (χ2v) is 8.41. The molecule has 0 aromatic heterocycles. The minimum Gasteiger partial charge on any atom is -0.490 e. The average Bonchev–Trinajstić information content (AvgIpc) is 2.60. The van der Waals surface area contributed by atoms with E-state index in [2.05, 4.69) is 5.32 Å². The number of carbonyl (C=O) groups excluding carboxylic acids is 1. The highest BCUT2D eigenvalue weighted by Crippen LogP contribution is 2.23. The summed E-state index contributed by atoms with van der Waals surface area (Å²) in [5, 5.41) is 3.18. The number of aryl methyl sites for hydroxylation is 1. The summed E-state index contributed by atoms with van der Waals surface area (Å²) in [7, 11) is -3.63. The Labute approximate surface area is 165 Å². The Bertz CT molecular complexity index is 885. The van der Waals surface area contributed by atoms with Crippen LogP contribution in [0.25, 0.3) is 0 Å². The van der Waals surface area contributed by atoms with Crippen molar-refractivity contribution >= 4 is 33.2 Å². The van der Waals surface area contributed by atoms with Gasteiger partial charge in [-0.05, 0) is 38.1 Å². The first-order valence-corrected chi connectivity index (χ1v) is 10.6. The van der Waals surface area contributed by atoms with E-state index in [9.17, 15) is 13.2 Å². The maximum atomic E-state index is 12.5. The van der Waals surface area contributed by atoms with Crippen LogP contribution in [0.4, 0.5) is 5.69 Å². The van der Waals surface area contributed by atoms with Crippen molar-refractivity contribution in [3.05, 3.63) is 59.1 Å². The van der Waals surface area contributed by atoms with Gasteiger partial charge in [-0.1, -0.05) is 41.4 Å². The second-order valence-electron chi connectivity index (χ2n) is 6.14. The molecule has 27 heavy (non-hydrogen) atoms. The van der Waals surface area contributed by atoms with Crippen molar-refractivity contribution in [1.29, 1.82) is 0 Å². The number of anilines is 1. The van der Waals surface area contributed by atoms with Crippen LogP contribution in [0.3, 0.4) is 0 Å². The summed E-state index contributed by atoms with van der Waals surface area (Å²) in [6.45, 7) is 3.89. The largest absolute Gasteiger partial charge is 0.490 e. The molecule has 0 fully saturated rings. The predicted octanol–water partition coefficient (Wildman–Crippen LogP) is 3.00. The van der Waals surface area contributed by atoms with Gasteiger partial charge in [0.2, 0.25) is 15.9 Å². The highest BCUT2D eigenvalue weighted by atomic mass is 35.5. The van der Waals surface area contributed by atoms with Crippen LogP contribution < -0.4 is 14.4 Å². The first kappa shape index (κ1) is 21.1. The number of rotatable bonds is 8. The summed E-state index contributed by atoms with van der Waals surface area (Å²) >= 11 is 6.00. The van der Waals surface area contributed by atoms with Crippen molar-refractivity contribution in [3.8, 4) is 5.75 Å². The van der Waals surface area contributed by atoms with Crippen LogP contribution in [0, 0.1) is 6.92 Å². The SMILES string of the molecule is Cc1ccc(N([C@@H](C)C(=O)NCCOc2ccccc2Cl)S(C)(=O)=O)cc1. The van der Waals surface area contributed by atoms with Crippen molar-refractivity contribution in [2.24, 2.45) is 0 Å². The molecule has 6 nitrogen and oxygen atoms in total. The molecule has 0 radical (unpaired) electrons. The minimum absolute atomic E-state index is 0.214. The summed E-state index contributed by atoms with van der Waals surface area (Å²) in [4.78, 5) is 12.5. The van der Waals surface area contributed by atoms with Gasteiger partial charge >= 0.3 is 0 Å².